The molecule has 23 heavy (non-hydrogen) atoms. The maximum absolute atomic E-state index is 8.96. The monoisotopic (exact) mass is 365 g/mol. The average Bonchev–Trinajstić information content (AvgIpc) is 2.74. The Labute approximate surface area is 144 Å². The molecule has 0 heterocycles. The summed E-state index contributed by atoms with van der Waals surface area (Å²) < 4.78 is 6.05. The number of rotatable bonds is 2. The second kappa shape index (κ2) is 5.12. The zero-order chi connectivity index (χ0) is 16.2. The molecule has 1 radical (unpaired) electrons. The molecule has 0 unspecified atom stereocenters. The lowest BCUT2D eigenvalue weighted by Crippen LogP contribution is -2.15. The van der Waals surface area contributed by atoms with Gasteiger partial charge in [-0.1, -0.05) is 38.1 Å². The third-order valence-electron chi connectivity index (χ3n) is 4.77. The smallest absolute Gasteiger partial charge is 0.537 e. The first kappa shape index (κ1) is 14.8. The molecule has 1 aliphatic rings. The van der Waals surface area contributed by atoms with Crippen LogP contribution in [0.4, 0.5) is 0 Å². The van der Waals surface area contributed by atoms with E-state index in [9.17, 15) is 0 Å². The average molecular weight is 366 g/mol. The van der Waals surface area contributed by atoms with E-state index >= 15 is 0 Å². The molecule has 3 aromatic rings. The maximum atomic E-state index is 8.96. The lowest BCUT2D eigenvalue weighted by atomic mass is 9.82. The number of halogens is 1. The van der Waals surface area contributed by atoms with E-state index in [4.69, 9.17) is 9.68 Å². The Morgan fingerprint density at radius 3 is 2.26 bits per heavy atom. The summed E-state index contributed by atoms with van der Waals surface area (Å²) in [6.07, 6.45) is 0. The highest BCUT2D eigenvalue weighted by Crippen LogP contribution is 2.52. The van der Waals surface area contributed by atoms with Gasteiger partial charge in [-0.2, -0.15) is 0 Å². The molecule has 2 nitrogen and oxygen atoms in total. The molecule has 0 saturated heterocycles. The van der Waals surface area contributed by atoms with Gasteiger partial charge < -0.3 is 9.68 Å². The lowest BCUT2D eigenvalue weighted by molar-refractivity contribution is 0.451. The van der Waals surface area contributed by atoms with Crippen molar-refractivity contribution < 1.29 is 9.68 Å². The van der Waals surface area contributed by atoms with E-state index in [1.165, 1.54) is 33.0 Å². The molecule has 0 bridgehead atoms. The van der Waals surface area contributed by atoms with Crippen molar-refractivity contribution in [3.63, 3.8) is 0 Å². The zero-order valence-corrected chi connectivity index (χ0v) is 14.5. The van der Waals surface area contributed by atoms with Gasteiger partial charge in [0.05, 0.1) is 4.47 Å². The molecule has 0 spiro atoms. The largest absolute Gasteiger partial charge is 0.569 e. The summed E-state index contributed by atoms with van der Waals surface area (Å²) in [5.74, 6) is 0.622. The van der Waals surface area contributed by atoms with Crippen molar-refractivity contribution in [1.29, 1.82) is 0 Å². The summed E-state index contributed by atoms with van der Waals surface area (Å²) in [4.78, 5) is 0. The van der Waals surface area contributed by atoms with E-state index in [1.54, 1.807) is 0 Å². The van der Waals surface area contributed by atoms with Crippen LogP contribution in [0.1, 0.15) is 25.0 Å². The summed E-state index contributed by atoms with van der Waals surface area (Å²) in [7, 11) is 0.718. The highest BCUT2D eigenvalue weighted by Gasteiger charge is 2.36. The molecule has 0 fully saturated rings. The third kappa shape index (κ3) is 2.13. The first-order valence-corrected chi connectivity index (χ1v) is 8.32. The second-order valence-corrected chi connectivity index (χ2v) is 7.28. The van der Waals surface area contributed by atoms with E-state index in [2.05, 4.69) is 72.2 Å². The van der Waals surface area contributed by atoms with Crippen molar-refractivity contribution in [2.75, 3.05) is 0 Å². The quantitative estimate of drug-likeness (QED) is 0.660. The predicted molar refractivity (Wildman–Crippen MR) is 97.8 cm³/mol. The molecule has 1 N–H and O–H groups in total. The minimum Gasteiger partial charge on any atom is -0.537 e. The normalized spacial score (nSPS) is 14.4. The third-order valence-corrected chi connectivity index (χ3v) is 5.39. The molecule has 1 aliphatic carbocycles. The van der Waals surface area contributed by atoms with Crippen LogP contribution in [-0.4, -0.2) is 12.7 Å². The van der Waals surface area contributed by atoms with Crippen LogP contribution >= 0.6 is 15.9 Å². The van der Waals surface area contributed by atoms with E-state index < -0.39 is 0 Å². The van der Waals surface area contributed by atoms with Gasteiger partial charge in [0.1, 0.15) is 5.75 Å². The van der Waals surface area contributed by atoms with E-state index in [0.29, 0.717) is 5.75 Å². The number of fused-ring (bicyclic) bond motifs is 4. The van der Waals surface area contributed by atoms with Gasteiger partial charge in [-0.25, -0.2) is 0 Å². The molecule has 0 atom stereocenters. The van der Waals surface area contributed by atoms with Gasteiger partial charge in [0.25, 0.3) is 0 Å². The molecule has 3 aromatic carbocycles. The molecule has 0 amide bonds. The Balaban J connectivity index is 2.02. The van der Waals surface area contributed by atoms with Crippen molar-refractivity contribution in [1.82, 2.24) is 0 Å². The van der Waals surface area contributed by atoms with Crippen LogP contribution in [0, 0.1) is 0 Å². The lowest BCUT2D eigenvalue weighted by Gasteiger charge is -2.22. The van der Waals surface area contributed by atoms with Crippen molar-refractivity contribution in [2.24, 2.45) is 0 Å². The predicted octanol–water partition coefficient (Wildman–Crippen LogP) is 4.81. The van der Waals surface area contributed by atoms with Gasteiger partial charge in [0.15, 0.2) is 0 Å². The van der Waals surface area contributed by atoms with Crippen molar-refractivity contribution >= 4 is 34.4 Å². The Morgan fingerprint density at radius 2 is 1.57 bits per heavy atom. The van der Waals surface area contributed by atoms with Crippen LogP contribution in [-0.2, 0) is 5.41 Å². The Morgan fingerprint density at radius 1 is 0.957 bits per heavy atom. The second-order valence-electron chi connectivity index (χ2n) is 6.42. The Kier molecular flexibility index (Phi) is 3.29. The molecule has 4 rings (SSSR count). The van der Waals surface area contributed by atoms with Gasteiger partial charge in [0, 0.05) is 5.41 Å². The van der Waals surface area contributed by atoms with Crippen LogP contribution in [0.2, 0.25) is 0 Å². The van der Waals surface area contributed by atoms with Crippen molar-refractivity contribution in [2.45, 2.75) is 19.3 Å². The first-order chi connectivity index (χ1) is 11.0. The van der Waals surface area contributed by atoms with Crippen molar-refractivity contribution in [3.8, 4) is 16.9 Å². The van der Waals surface area contributed by atoms with Crippen LogP contribution in [0.25, 0.3) is 21.9 Å². The van der Waals surface area contributed by atoms with Crippen molar-refractivity contribution in [3.05, 3.63) is 64.1 Å². The summed E-state index contributed by atoms with van der Waals surface area (Å²) in [6, 6.07) is 17.1. The topological polar surface area (TPSA) is 29.5 Å². The van der Waals surface area contributed by atoms with E-state index in [-0.39, 0.29) is 5.41 Å². The van der Waals surface area contributed by atoms with Crippen LogP contribution in [0.15, 0.2) is 53.0 Å². The molecule has 0 aromatic heterocycles. The fourth-order valence-corrected chi connectivity index (χ4v) is 4.00. The molecule has 4 heteroatoms. The minimum atomic E-state index is -0.108. The standard InChI is InChI=1S/C19H15BBrO2/c1-19(2)15-8-12-6-4-3-5-11(12)7-13(15)14-9-17(21)18(23-20-22)10-16(14)19/h3-10,22H,1-2H3. The van der Waals surface area contributed by atoms with Crippen LogP contribution < -0.4 is 4.65 Å². The number of benzene rings is 3. The van der Waals surface area contributed by atoms with Gasteiger partial charge in [-0.15, -0.1) is 0 Å². The molecular weight excluding hydrogens is 351 g/mol. The van der Waals surface area contributed by atoms with Crippen LogP contribution in [0.5, 0.6) is 5.75 Å². The van der Waals surface area contributed by atoms with Crippen LogP contribution in [0.3, 0.4) is 0 Å². The molecule has 0 aliphatic heterocycles. The van der Waals surface area contributed by atoms with Gasteiger partial charge >= 0.3 is 7.69 Å². The summed E-state index contributed by atoms with van der Waals surface area (Å²) >= 11 is 3.53. The molecular formula is C19H15BBrO2. The fraction of sp³-hybridized carbons (Fsp3) is 0.158. The Bertz CT molecular complexity index is 934. The minimum absolute atomic E-state index is 0.108. The number of hydrogen-bond donors (Lipinski definition) is 1. The summed E-state index contributed by atoms with van der Waals surface area (Å²) in [6.45, 7) is 4.46. The van der Waals surface area contributed by atoms with Gasteiger partial charge in [0.2, 0.25) is 0 Å². The van der Waals surface area contributed by atoms with E-state index in [1.807, 2.05) is 6.07 Å². The first-order valence-electron chi connectivity index (χ1n) is 7.52. The van der Waals surface area contributed by atoms with Gasteiger partial charge in [-0.3, -0.25) is 0 Å². The van der Waals surface area contributed by atoms with E-state index in [0.717, 1.165) is 12.2 Å². The highest BCUT2D eigenvalue weighted by atomic mass is 79.9. The Hall–Kier alpha value is -1.78. The number of hydrogen-bond acceptors (Lipinski definition) is 2. The zero-order valence-electron chi connectivity index (χ0n) is 12.9. The fourth-order valence-electron chi connectivity index (χ4n) is 3.57. The van der Waals surface area contributed by atoms with Gasteiger partial charge in [-0.05, 0) is 73.2 Å². The maximum Gasteiger partial charge on any atom is 0.569 e. The SMILES string of the molecule is CC1(C)c2cc(O[B]O)c(Br)cc2-c2cc3ccccc3cc21. The highest BCUT2D eigenvalue weighted by molar-refractivity contribution is 9.10. The summed E-state index contributed by atoms with van der Waals surface area (Å²) in [5.41, 5.74) is 4.91. The summed E-state index contributed by atoms with van der Waals surface area (Å²) in [5, 5.41) is 11.5. The molecule has 113 valence electrons. The molecule has 0 saturated carbocycles.